The number of hydrogen-bond donors (Lipinski definition) is 0. The molecule has 7 nitrogen and oxygen atoms in total. The second kappa shape index (κ2) is 9.95. The fourth-order valence-electron chi connectivity index (χ4n) is 4.53. The summed E-state index contributed by atoms with van der Waals surface area (Å²) in [5.74, 6) is 0. The predicted octanol–water partition coefficient (Wildman–Crippen LogP) is 5.07. The average Bonchev–Trinajstić information content (AvgIpc) is 2.82. The van der Waals surface area contributed by atoms with Gasteiger partial charge in [-0.25, -0.2) is 8.42 Å². The van der Waals surface area contributed by atoms with Gasteiger partial charge in [-0.2, -0.15) is 0 Å². The summed E-state index contributed by atoms with van der Waals surface area (Å²) < 4.78 is 29.3. The van der Waals surface area contributed by atoms with Crippen LogP contribution < -0.4 is 4.31 Å². The maximum Gasteiger partial charge on any atom is 0.269 e. The smallest absolute Gasteiger partial charge is 0.269 e. The van der Waals surface area contributed by atoms with Gasteiger partial charge in [0.05, 0.1) is 15.5 Å². The SMILES string of the molecule is Cc1ccc(N(C2CCN(Cc3cccc([N+](=O)[O-])c3)CC2)S(=O)(=O)c2ccccc2C)cc1. The van der Waals surface area contributed by atoms with Gasteiger partial charge in [0.25, 0.3) is 15.7 Å². The standard InChI is InChI=1S/C26H29N3O4S/c1-20-10-12-23(13-11-20)28(34(32,33)26-9-4-3-6-21(26)2)24-14-16-27(17-15-24)19-22-7-5-8-25(18-22)29(30)31/h3-13,18,24H,14-17,19H2,1-2H3. The van der Waals surface area contributed by atoms with E-state index >= 15 is 0 Å². The molecule has 0 radical (unpaired) electrons. The van der Waals surface area contributed by atoms with Crippen LogP contribution in [0.3, 0.4) is 0 Å². The molecule has 0 amide bonds. The molecule has 0 aromatic heterocycles. The van der Waals surface area contributed by atoms with E-state index in [2.05, 4.69) is 4.90 Å². The van der Waals surface area contributed by atoms with Crippen LogP contribution in [0.1, 0.15) is 29.5 Å². The number of aryl methyl sites for hydroxylation is 2. The number of hydrogen-bond acceptors (Lipinski definition) is 5. The molecule has 3 aromatic carbocycles. The third kappa shape index (κ3) is 5.13. The lowest BCUT2D eigenvalue weighted by Gasteiger charge is -2.39. The monoisotopic (exact) mass is 479 g/mol. The summed E-state index contributed by atoms with van der Waals surface area (Å²) in [4.78, 5) is 13.3. The number of likely N-dealkylation sites (tertiary alicyclic amines) is 1. The molecule has 1 aliphatic heterocycles. The summed E-state index contributed by atoms with van der Waals surface area (Å²) in [7, 11) is -3.75. The van der Waals surface area contributed by atoms with Gasteiger partial charge in [0.1, 0.15) is 0 Å². The highest BCUT2D eigenvalue weighted by atomic mass is 32.2. The van der Waals surface area contributed by atoms with Crippen LogP contribution in [0.15, 0.2) is 77.7 Å². The zero-order chi connectivity index (χ0) is 24.3. The Hall–Kier alpha value is -3.23. The number of rotatable bonds is 7. The molecule has 0 unspecified atom stereocenters. The minimum atomic E-state index is -3.75. The van der Waals surface area contributed by atoms with Gasteiger partial charge < -0.3 is 0 Å². The Balaban J connectivity index is 1.57. The van der Waals surface area contributed by atoms with Crippen LogP contribution in [0, 0.1) is 24.0 Å². The van der Waals surface area contributed by atoms with Gasteiger partial charge in [-0.3, -0.25) is 19.3 Å². The number of piperidine rings is 1. The Morgan fingerprint density at radius 2 is 1.65 bits per heavy atom. The van der Waals surface area contributed by atoms with Crippen molar-refractivity contribution in [3.8, 4) is 0 Å². The van der Waals surface area contributed by atoms with Crippen LogP contribution in [0.2, 0.25) is 0 Å². The first-order valence-corrected chi connectivity index (χ1v) is 12.8. The molecule has 0 spiro atoms. The molecule has 0 aliphatic carbocycles. The van der Waals surface area contributed by atoms with Crippen molar-refractivity contribution in [2.24, 2.45) is 0 Å². The van der Waals surface area contributed by atoms with Crippen LogP contribution in [-0.2, 0) is 16.6 Å². The quantitative estimate of drug-likeness (QED) is 0.349. The maximum absolute atomic E-state index is 13.9. The minimum Gasteiger partial charge on any atom is -0.299 e. The number of non-ortho nitro benzene ring substituents is 1. The van der Waals surface area contributed by atoms with Gasteiger partial charge in [0.2, 0.25) is 0 Å². The van der Waals surface area contributed by atoms with E-state index < -0.39 is 10.0 Å². The molecular formula is C26H29N3O4S. The maximum atomic E-state index is 13.9. The highest BCUT2D eigenvalue weighted by Gasteiger charge is 2.34. The topological polar surface area (TPSA) is 83.8 Å². The lowest BCUT2D eigenvalue weighted by atomic mass is 10.0. The second-order valence-corrected chi connectivity index (χ2v) is 10.6. The Morgan fingerprint density at radius 1 is 0.971 bits per heavy atom. The van der Waals surface area contributed by atoms with Gasteiger partial charge >= 0.3 is 0 Å². The van der Waals surface area contributed by atoms with Crippen LogP contribution in [-0.4, -0.2) is 37.4 Å². The fraction of sp³-hybridized carbons (Fsp3) is 0.308. The Kier molecular flexibility index (Phi) is 7.00. The first-order chi connectivity index (χ1) is 16.3. The minimum absolute atomic E-state index is 0.0854. The zero-order valence-electron chi connectivity index (χ0n) is 19.4. The zero-order valence-corrected chi connectivity index (χ0v) is 20.2. The molecule has 1 saturated heterocycles. The molecule has 0 saturated carbocycles. The first-order valence-electron chi connectivity index (χ1n) is 11.4. The highest BCUT2D eigenvalue weighted by Crippen LogP contribution is 2.32. The second-order valence-electron chi connectivity index (χ2n) is 8.84. The summed E-state index contributed by atoms with van der Waals surface area (Å²) in [6.45, 7) is 5.82. The molecule has 34 heavy (non-hydrogen) atoms. The first kappa shape index (κ1) is 23.9. The van der Waals surface area contributed by atoms with Crippen molar-refractivity contribution in [2.75, 3.05) is 17.4 Å². The van der Waals surface area contributed by atoms with Crippen molar-refractivity contribution in [1.82, 2.24) is 4.90 Å². The molecule has 4 rings (SSSR count). The lowest BCUT2D eigenvalue weighted by Crippen LogP contribution is -2.47. The molecule has 178 valence electrons. The van der Waals surface area contributed by atoms with E-state index in [0.717, 1.165) is 16.7 Å². The van der Waals surface area contributed by atoms with Gasteiger partial charge in [-0.05, 0) is 56.0 Å². The summed E-state index contributed by atoms with van der Waals surface area (Å²) in [6, 6.07) is 21.2. The summed E-state index contributed by atoms with van der Waals surface area (Å²) in [5.41, 5.74) is 3.44. The van der Waals surface area contributed by atoms with Crippen molar-refractivity contribution in [3.05, 3.63) is 99.6 Å². The van der Waals surface area contributed by atoms with E-state index in [-0.39, 0.29) is 16.7 Å². The van der Waals surface area contributed by atoms with E-state index in [9.17, 15) is 18.5 Å². The molecule has 0 atom stereocenters. The van der Waals surface area contributed by atoms with Crippen molar-refractivity contribution < 1.29 is 13.3 Å². The van der Waals surface area contributed by atoms with E-state index in [4.69, 9.17) is 0 Å². The molecule has 1 heterocycles. The Morgan fingerprint density at radius 3 is 2.29 bits per heavy atom. The average molecular weight is 480 g/mol. The van der Waals surface area contributed by atoms with Gasteiger partial charge in [0.15, 0.2) is 0 Å². The third-order valence-electron chi connectivity index (χ3n) is 6.34. The van der Waals surface area contributed by atoms with Crippen LogP contribution in [0.4, 0.5) is 11.4 Å². The molecule has 0 bridgehead atoms. The number of sulfonamides is 1. The summed E-state index contributed by atoms with van der Waals surface area (Å²) in [6.07, 6.45) is 1.35. The Bertz CT molecular complexity index is 1270. The number of anilines is 1. The molecule has 8 heteroatoms. The lowest BCUT2D eigenvalue weighted by molar-refractivity contribution is -0.384. The van der Waals surface area contributed by atoms with Gasteiger partial charge in [-0.15, -0.1) is 0 Å². The normalized spacial score (nSPS) is 15.2. The van der Waals surface area contributed by atoms with Gasteiger partial charge in [-0.1, -0.05) is 48.0 Å². The summed E-state index contributed by atoms with van der Waals surface area (Å²) in [5, 5.41) is 11.1. The van der Waals surface area contributed by atoms with Crippen molar-refractivity contribution in [3.63, 3.8) is 0 Å². The number of nitrogens with zero attached hydrogens (tertiary/aromatic N) is 3. The van der Waals surface area contributed by atoms with Gasteiger partial charge in [0, 0.05) is 37.8 Å². The number of nitro groups is 1. The highest BCUT2D eigenvalue weighted by molar-refractivity contribution is 7.93. The predicted molar refractivity (Wildman–Crippen MR) is 133 cm³/mol. The molecule has 0 N–H and O–H groups in total. The summed E-state index contributed by atoms with van der Waals surface area (Å²) >= 11 is 0. The third-order valence-corrected chi connectivity index (χ3v) is 8.38. The molecular weight excluding hydrogens is 450 g/mol. The number of benzene rings is 3. The molecule has 1 fully saturated rings. The molecule has 3 aromatic rings. The van der Waals surface area contributed by atoms with Crippen LogP contribution >= 0.6 is 0 Å². The van der Waals surface area contributed by atoms with E-state index in [0.29, 0.717) is 43.1 Å². The van der Waals surface area contributed by atoms with Crippen molar-refractivity contribution >= 4 is 21.4 Å². The van der Waals surface area contributed by atoms with E-state index in [1.54, 1.807) is 28.6 Å². The van der Waals surface area contributed by atoms with Crippen LogP contribution in [0.5, 0.6) is 0 Å². The van der Waals surface area contributed by atoms with E-state index in [1.807, 2.05) is 56.3 Å². The Labute approximate surface area is 200 Å². The van der Waals surface area contributed by atoms with Crippen molar-refractivity contribution in [2.45, 2.75) is 44.2 Å². The van der Waals surface area contributed by atoms with Crippen LogP contribution in [0.25, 0.3) is 0 Å². The molecule has 1 aliphatic rings. The fourth-order valence-corrected chi connectivity index (χ4v) is 6.47. The largest absolute Gasteiger partial charge is 0.299 e. The van der Waals surface area contributed by atoms with E-state index in [1.165, 1.54) is 6.07 Å². The van der Waals surface area contributed by atoms with Crippen molar-refractivity contribution in [1.29, 1.82) is 0 Å². The number of nitro benzene ring substituents is 1.